The third-order valence-corrected chi connectivity index (χ3v) is 7.08. The quantitative estimate of drug-likeness (QED) is 0.692. The highest BCUT2D eigenvalue weighted by Gasteiger charge is 2.28. The van der Waals surface area contributed by atoms with Gasteiger partial charge in [-0.2, -0.15) is 0 Å². The van der Waals surface area contributed by atoms with Gasteiger partial charge in [0.25, 0.3) is 0 Å². The molecule has 1 unspecified atom stereocenters. The molecule has 148 valence electrons. The Morgan fingerprint density at radius 1 is 1.25 bits per heavy atom. The first kappa shape index (κ1) is 19.7. The molecule has 0 radical (unpaired) electrons. The second-order valence-electron chi connectivity index (χ2n) is 7.43. The van der Waals surface area contributed by atoms with E-state index in [4.69, 9.17) is 16.3 Å². The minimum Gasteiger partial charge on any atom is -0.381 e. The Bertz CT molecular complexity index is 811. The van der Waals surface area contributed by atoms with Gasteiger partial charge in [-0.1, -0.05) is 17.7 Å². The van der Waals surface area contributed by atoms with E-state index in [1.54, 1.807) is 12.3 Å². The summed E-state index contributed by atoms with van der Waals surface area (Å²) >= 11 is 8.40. The van der Waals surface area contributed by atoms with Gasteiger partial charge in [0.05, 0.1) is 10.9 Å². The second-order valence-corrected chi connectivity index (χ2v) is 9.18. The minimum atomic E-state index is -0.268. The third-order valence-electron chi connectivity index (χ3n) is 5.24. The zero-order valence-corrected chi connectivity index (χ0v) is 17.2. The fourth-order valence-electron chi connectivity index (χ4n) is 3.48. The van der Waals surface area contributed by atoms with Gasteiger partial charge >= 0.3 is 0 Å². The maximum absolute atomic E-state index is 13.1. The lowest BCUT2D eigenvalue weighted by Gasteiger charge is -2.26. The number of thioether (sulfide) groups is 1. The van der Waals surface area contributed by atoms with E-state index in [0.717, 1.165) is 48.0 Å². The number of carbonyl (C=O) groups excluding carboxylic acids is 1. The van der Waals surface area contributed by atoms with Gasteiger partial charge in [0.1, 0.15) is 12.1 Å². The normalized spacial score (nSPS) is 18.6. The molecule has 1 aliphatic carbocycles. The third kappa shape index (κ3) is 5.25. The van der Waals surface area contributed by atoms with Crippen molar-refractivity contribution in [1.29, 1.82) is 0 Å². The predicted octanol–water partition coefficient (Wildman–Crippen LogP) is 4.92. The number of halogens is 1. The molecule has 1 aliphatic heterocycles. The van der Waals surface area contributed by atoms with Crippen molar-refractivity contribution < 1.29 is 9.53 Å². The molecule has 5 nitrogen and oxygen atoms in total. The molecule has 2 heterocycles. The van der Waals surface area contributed by atoms with Gasteiger partial charge in [0, 0.05) is 29.6 Å². The van der Waals surface area contributed by atoms with Crippen molar-refractivity contribution in [2.75, 3.05) is 18.5 Å². The van der Waals surface area contributed by atoms with Crippen LogP contribution in [0.5, 0.6) is 0 Å². The maximum atomic E-state index is 13.1. The van der Waals surface area contributed by atoms with E-state index in [1.807, 2.05) is 17.8 Å². The molecule has 7 heteroatoms. The highest BCUT2D eigenvalue weighted by Crippen LogP contribution is 2.43. The molecule has 1 aromatic heterocycles. The Morgan fingerprint density at radius 3 is 2.75 bits per heavy atom. The van der Waals surface area contributed by atoms with Crippen LogP contribution in [-0.4, -0.2) is 34.3 Å². The molecule has 1 N–H and O–H groups in total. The number of benzene rings is 1. The molecule has 0 spiro atoms. The fraction of sp³-hybridized carbons (Fsp3) is 0.476. The van der Waals surface area contributed by atoms with Crippen molar-refractivity contribution in [2.24, 2.45) is 5.92 Å². The van der Waals surface area contributed by atoms with Gasteiger partial charge in [-0.3, -0.25) is 4.79 Å². The molecule has 1 saturated heterocycles. The summed E-state index contributed by atoms with van der Waals surface area (Å²) in [5.41, 5.74) is 0.961. The lowest BCUT2D eigenvalue weighted by molar-refractivity contribution is -0.118. The minimum absolute atomic E-state index is 0.0520. The van der Waals surface area contributed by atoms with E-state index in [0.29, 0.717) is 17.0 Å². The summed E-state index contributed by atoms with van der Waals surface area (Å²) in [6.07, 6.45) is 8.33. The smallest absolute Gasteiger partial charge is 0.233 e. The number of ether oxygens (including phenoxy) is 1. The second kappa shape index (κ2) is 9.25. The van der Waals surface area contributed by atoms with E-state index in [2.05, 4.69) is 27.4 Å². The van der Waals surface area contributed by atoms with Crippen LogP contribution in [0.2, 0.25) is 5.02 Å². The van der Waals surface area contributed by atoms with Crippen molar-refractivity contribution >= 4 is 35.1 Å². The number of amides is 1. The highest BCUT2D eigenvalue weighted by atomic mass is 35.5. The van der Waals surface area contributed by atoms with Crippen molar-refractivity contribution in [1.82, 2.24) is 9.97 Å². The summed E-state index contributed by atoms with van der Waals surface area (Å²) < 4.78 is 5.48. The molecule has 1 saturated carbocycles. The number of rotatable bonds is 7. The summed E-state index contributed by atoms with van der Waals surface area (Å²) in [6.45, 7) is 1.53. The Morgan fingerprint density at radius 2 is 2.07 bits per heavy atom. The number of nitrogens with one attached hydrogen (secondary N) is 1. The van der Waals surface area contributed by atoms with Crippen molar-refractivity contribution in [3.05, 3.63) is 47.4 Å². The van der Waals surface area contributed by atoms with E-state index in [1.165, 1.54) is 19.2 Å². The average Bonchev–Trinajstić information content (AvgIpc) is 3.53. The lowest BCUT2D eigenvalue weighted by Crippen LogP contribution is -2.26. The molecule has 1 amide bonds. The maximum Gasteiger partial charge on any atom is 0.233 e. The van der Waals surface area contributed by atoms with E-state index >= 15 is 0 Å². The van der Waals surface area contributed by atoms with Crippen LogP contribution in [0.3, 0.4) is 0 Å². The number of anilines is 1. The van der Waals surface area contributed by atoms with Gasteiger partial charge in [-0.15, -0.1) is 11.8 Å². The van der Waals surface area contributed by atoms with Gasteiger partial charge in [0.2, 0.25) is 5.91 Å². The number of aromatic nitrogens is 2. The zero-order valence-electron chi connectivity index (χ0n) is 15.6. The monoisotopic (exact) mass is 417 g/mol. The van der Waals surface area contributed by atoms with Crippen LogP contribution in [0.15, 0.2) is 41.7 Å². The number of nitrogens with zero attached hydrogens (tertiary/aromatic N) is 2. The Hall–Kier alpha value is -1.63. The predicted molar refractivity (Wildman–Crippen MR) is 112 cm³/mol. The highest BCUT2D eigenvalue weighted by molar-refractivity contribution is 8.00. The molecular formula is C21H24ClN3O2S. The Kier molecular flexibility index (Phi) is 6.50. The molecule has 4 rings (SSSR count). The first-order valence-electron chi connectivity index (χ1n) is 9.80. The fourth-order valence-corrected chi connectivity index (χ4v) is 4.85. The number of hydrogen-bond acceptors (Lipinski definition) is 5. The van der Waals surface area contributed by atoms with Gasteiger partial charge in [-0.05, 0) is 61.8 Å². The van der Waals surface area contributed by atoms with Crippen LogP contribution in [0.4, 0.5) is 5.82 Å². The van der Waals surface area contributed by atoms with Gasteiger partial charge in [0.15, 0.2) is 0 Å². The Labute approximate surface area is 174 Å². The summed E-state index contributed by atoms with van der Waals surface area (Å²) in [7, 11) is 0. The van der Waals surface area contributed by atoms with Crippen molar-refractivity contribution in [3.8, 4) is 0 Å². The van der Waals surface area contributed by atoms with Gasteiger partial charge < -0.3 is 10.1 Å². The molecule has 2 aliphatic rings. The molecule has 2 aromatic rings. The number of hydrogen-bond donors (Lipinski definition) is 1. The molecular weight excluding hydrogens is 394 g/mol. The summed E-state index contributed by atoms with van der Waals surface area (Å²) in [5.74, 6) is 0.664. The molecule has 0 bridgehead atoms. The van der Waals surface area contributed by atoms with Gasteiger partial charge in [-0.25, -0.2) is 9.97 Å². The SMILES string of the molecule is O=C(Nc1ccncn1)C(CC1CCOCC1)c1ccc(SC2CC2)c(Cl)c1. The van der Waals surface area contributed by atoms with Crippen LogP contribution in [-0.2, 0) is 9.53 Å². The largest absolute Gasteiger partial charge is 0.381 e. The first-order chi connectivity index (χ1) is 13.7. The average molecular weight is 418 g/mol. The van der Waals surface area contributed by atoms with Crippen LogP contribution in [0.1, 0.15) is 43.6 Å². The van der Waals surface area contributed by atoms with Crippen LogP contribution in [0.25, 0.3) is 0 Å². The van der Waals surface area contributed by atoms with Crippen LogP contribution in [0, 0.1) is 5.92 Å². The van der Waals surface area contributed by atoms with Crippen LogP contribution >= 0.6 is 23.4 Å². The topological polar surface area (TPSA) is 64.1 Å². The zero-order chi connectivity index (χ0) is 19.3. The van der Waals surface area contributed by atoms with Crippen LogP contribution < -0.4 is 5.32 Å². The van der Waals surface area contributed by atoms with Crippen molar-refractivity contribution in [2.45, 2.75) is 48.2 Å². The molecule has 1 atom stereocenters. The van der Waals surface area contributed by atoms with E-state index < -0.39 is 0 Å². The molecule has 1 aromatic carbocycles. The summed E-state index contributed by atoms with van der Waals surface area (Å²) in [6, 6.07) is 7.79. The summed E-state index contributed by atoms with van der Waals surface area (Å²) in [4.78, 5) is 22.2. The Balaban J connectivity index is 1.54. The van der Waals surface area contributed by atoms with Crippen molar-refractivity contribution in [3.63, 3.8) is 0 Å². The van der Waals surface area contributed by atoms with E-state index in [9.17, 15) is 4.79 Å². The standard InChI is InChI=1S/C21H24ClN3O2S/c22-18-12-15(1-4-19(18)28-16-2-3-16)17(11-14-6-9-27-10-7-14)21(26)25-20-5-8-23-13-24-20/h1,4-5,8,12-14,16-17H,2-3,6-7,9-11H2,(H,23,24,25,26). The van der Waals surface area contributed by atoms with E-state index in [-0.39, 0.29) is 11.8 Å². The lowest BCUT2D eigenvalue weighted by atomic mass is 9.84. The number of carbonyl (C=O) groups is 1. The molecule has 2 fully saturated rings. The first-order valence-corrected chi connectivity index (χ1v) is 11.1. The summed E-state index contributed by atoms with van der Waals surface area (Å²) in [5, 5.41) is 4.37. The molecule has 28 heavy (non-hydrogen) atoms.